The van der Waals surface area contributed by atoms with E-state index in [-0.39, 0.29) is 24.3 Å². The summed E-state index contributed by atoms with van der Waals surface area (Å²) in [6.45, 7) is 6.46. The summed E-state index contributed by atoms with van der Waals surface area (Å²) in [5.74, 6) is 0.585. The number of carbonyl (C=O) groups is 1. The van der Waals surface area contributed by atoms with Crippen LogP contribution < -0.4 is 10.1 Å². The van der Waals surface area contributed by atoms with Crippen molar-refractivity contribution < 1.29 is 14.6 Å². The van der Waals surface area contributed by atoms with Gasteiger partial charge in [0, 0.05) is 17.3 Å². The lowest BCUT2D eigenvalue weighted by Gasteiger charge is -2.14. The van der Waals surface area contributed by atoms with Crippen LogP contribution in [0.2, 0.25) is 0 Å². The van der Waals surface area contributed by atoms with Crippen molar-refractivity contribution in [3.63, 3.8) is 0 Å². The monoisotopic (exact) mass is 348 g/mol. The second-order valence-electron chi connectivity index (χ2n) is 6.66. The van der Waals surface area contributed by atoms with Gasteiger partial charge in [-0.05, 0) is 17.7 Å². The van der Waals surface area contributed by atoms with E-state index in [1.54, 1.807) is 42.7 Å². The van der Waals surface area contributed by atoms with Gasteiger partial charge in [0.25, 0.3) is 0 Å². The van der Waals surface area contributed by atoms with E-state index in [9.17, 15) is 9.90 Å². The first-order valence-corrected chi connectivity index (χ1v) is 8.71. The molecular formula is C18H24N2O3S. The molecule has 0 radical (unpaired) electrons. The molecule has 6 heteroatoms. The number of rotatable bonds is 6. The fraction of sp³-hybridized carbons (Fsp3) is 0.444. The molecule has 0 fully saturated rings. The van der Waals surface area contributed by atoms with Crippen molar-refractivity contribution in [3.8, 4) is 5.75 Å². The van der Waals surface area contributed by atoms with E-state index in [1.807, 2.05) is 5.38 Å². The fourth-order valence-electron chi connectivity index (χ4n) is 2.11. The lowest BCUT2D eigenvalue weighted by atomic mass is 9.98. The first-order valence-electron chi connectivity index (χ1n) is 7.83. The number of benzene rings is 1. The Morgan fingerprint density at radius 2 is 2.00 bits per heavy atom. The highest BCUT2D eigenvalue weighted by Gasteiger charge is 2.19. The minimum absolute atomic E-state index is 0.00997. The Bertz CT molecular complexity index is 674. The Kier molecular flexibility index (Phi) is 5.96. The molecule has 1 heterocycles. The van der Waals surface area contributed by atoms with E-state index < -0.39 is 6.10 Å². The predicted octanol–water partition coefficient (Wildman–Crippen LogP) is 2.84. The molecule has 24 heavy (non-hydrogen) atoms. The average molecular weight is 348 g/mol. The number of hydrogen-bond donors (Lipinski definition) is 2. The van der Waals surface area contributed by atoms with Crippen LogP contribution in [0.3, 0.4) is 0 Å². The number of thiazole rings is 1. The van der Waals surface area contributed by atoms with E-state index >= 15 is 0 Å². The smallest absolute Gasteiger partial charge is 0.226 e. The Morgan fingerprint density at radius 1 is 1.33 bits per heavy atom. The molecule has 1 atom stereocenters. The van der Waals surface area contributed by atoms with Gasteiger partial charge >= 0.3 is 0 Å². The minimum Gasteiger partial charge on any atom is -0.497 e. The van der Waals surface area contributed by atoms with Crippen LogP contribution in [0.4, 0.5) is 0 Å². The van der Waals surface area contributed by atoms with Crippen LogP contribution in [0, 0.1) is 0 Å². The van der Waals surface area contributed by atoms with Crippen molar-refractivity contribution in [1.29, 1.82) is 0 Å². The molecule has 0 bridgehead atoms. The second-order valence-corrected chi connectivity index (χ2v) is 7.52. The van der Waals surface area contributed by atoms with Crippen molar-refractivity contribution in [2.75, 3.05) is 13.7 Å². The van der Waals surface area contributed by atoms with Gasteiger partial charge < -0.3 is 15.2 Å². The van der Waals surface area contributed by atoms with E-state index in [2.05, 4.69) is 31.1 Å². The number of aliphatic hydroxyl groups excluding tert-OH is 1. The molecule has 0 aliphatic carbocycles. The third kappa shape index (κ3) is 5.04. The Labute approximate surface area is 146 Å². The molecule has 130 valence electrons. The molecule has 2 aromatic rings. The highest BCUT2D eigenvalue weighted by molar-refractivity contribution is 7.09. The molecule has 1 aromatic heterocycles. The standard InChI is InChI=1S/C18H24N2O3S/c1-18(2,3)17-20-13(11-24-17)9-16(22)19-10-15(21)12-5-7-14(23-4)8-6-12/h5-8,11,15,21H,9-10H2,1-4H3,(H,19,22). The first-order chi connectivity index (χ1) is 11.3. The average Bonchev–Trinajstić information content (AvgIpc) is 3.01. The lowest BCUT2D eigenvalue weighted by molar-refractivity contribution is -0.120. The van der Waals surface area contributed by atoms with Gasteiger partial charge in [-0.25, -0.2) is 4.98 Å². The number of hydrogen-bond acceptors (Lipinski definition) is 5. The number of nitrogens with zero attached hydrogens (tertiary/aromatic N) is 1. The molecule has 1 aromatic carbocycles. The zero-order valence-corrected chi connectivity index (χ0v) is 15.3. The van der Waals surface area contributed by atoms with Crippen LogP contribution in [0.25, 0.3) is 0 Å². The van der Waals surface area contributed by atoms with Gasteiger partial charge in [-0.3, -0.25) is 4.79 Å². The van der Waals surface area contributed by atoms with Crippen LogP contribution >= 0.6 is 11.3 Å². The molecule has 0 aliphatic heterocycles. The van der Waals surface area contributed by atoms with Crippen molar-refractivity contribution in [2.45, 2.75) is 38.7 Å². The van der Waals surface area contributed by atoms with Crippen LogP contribution in [0.1, 0.15) is 43.1 Å². The number of aliphatic hydroxyl groups is 1. The van der Waals surface area contributed by atoms with Gasteiger partial charge in [0.2, 0.25) is 5.91 Å². The molecule has 0 spiro atoms. The topological polar surface area (TPSA) is 71.5 Å². The van der Waals surface area contributed by atoms with Gasteiger partial charge in [-0.15, -0.1) is 11.3 Å². The summed E-state index contributed by atoms with van der Waals surface area (Å²) in [6.07, 6.45) is -0.525. The Hall–Kier alpha value is -1.92. The summed E-state index contributed by atoms with van der Waals surface area (Å²) >= 11 is 1.57. The minimum atomic E-state index is -0.750. The summed E-state index contributed by atoms with van der Waals surface area (Å²) in [7, 11) is 1.59. The largest absolute Gasteiger partial charge is 0.497 e. The molecule has 2 N–H and O–H groups in total. The summed E-state index contributed by atoms with van der Waals surface area (Å²) in [6, 6.07) is 7.13. The summed E-state index contributed by atoms with van der Waals surface area (Å²) in [4.78, 5) is 16.5. The van der Waals surface area contributed by atoms with Crippen molar-refractivity contribution in [3.05, 3.63) is 45.9 Å². The van der Waals surface area contributed by atoms with E-state index in [0.717, 1.165) is 22.0 Å². The van der Waals surface area contributed by atoms with Gasteiger partial charge in [0.1, 0.15) is 5.75 Å². The van der Waals surface area contributed by atoms with Gasteiger partial charge in [-0.2, -0.15) is 0 Å². The SMILES string of the molecule is COc1ccc(C(O)CNC(=O)Cc2csc(C(C)(C)C)n2)cc1. The van der Waals surface area contributed by atoms with E-state index in [0.29, 0.717) is 0 Å². The maximum atomic E-state index is 12.0. The van der Waals surface area contributed by atoms with E-state index in [4.69, 9.17) is 4.74 Å². The summed E-state index contributed by atoms with van der Waals surface area (Å²) in [5.41, 5.74) is 1.49. The lowest BCUT2D eigenvalue weighted by Crippen LogP contribution is -2.29. The molecule has 1 unspecified atom stereocenters. The number of carbonyl (C=O) groups excluding carboxylic acids is 1. The molecule has 0 saturated carbocycles. The van der Waals surface area contributed by atoms with Crippen molar-refractivity contribution in [2.24, 2.45) is 0 Å². The highest BCUT2D eigenvalue weighted by Crippen LogP contribution is 2.25. The van der Waals surface area contributed by atoms with Crippen molar-refractivity contribution in [1.82, 2.24) is 10.3 Å². The third-order valence-electron chi connectivity index (χ3n) is 3.53. The van der Waals surface area contributed by atoms with Gasteiger partial charge in [0.05, 0.1) is 30.3 Å². The Morgan fingerprint density at radius 3 is 2.54 bits per heavy atom. The second kappa shape index (κ2) is 7.77. The summed E-state index contributed by atoms with van der Waals surface area (Å²) in [5, 5.41) is 15.8. The van der Waals surface area contributed by atoms with E-state index in [1.165, 1.54) is 0 Å². The molecule has 0 saturated heterocycles. The number of amides is 1. The normalized spacial score (nSPS) is 12.7. The highest BCUT2D eigenvalue weighted by atomic mass is 32.1. The summed E-state index contributed by atoms with van der Waals surface area (Å²) < 4.78 is 5.08. The molecule has 0 aliphatic rings. The first kappa shape index (κ1) is 18.4. The fourth-order valence-corrected chi connectivity index (χ4v) is 3.02. The predicted molar refractivity (Wildman–Crippen MR) is 95.5 cm³/mol. The number of ether oxygens (including phenoxy) is 1. The van der Waals surface area contributed by atoms with Crippen LogP contribution in [-0.2, 0) is 16.6 Å². The van der Waals surface area contributed by atoms with Crippen molar-refractivity contribution >= 4 is 17.2 Å². The third-order valence-corrected chi connectivity index (χ3v) is 4.85. The maximum Gasteiger partial charge on any atom is 0.226 e. The number of aromatic nitrogens is 1. The van der Waals surface area contributed by atoms with Gasteiger partial charge in [0.15, 0.2) is 0 Å². The van der Waals surface area contributed by atoms with Gasteiger partial charge in [-0.1, -0.05) is 32.9 Å². The Balaban J connectivity index is 1.85. The zero-order chi connectivity index (χ0) is 17.7. The van der Waals surface area contributed by atoms with Crippen LogP contribution in [0.15, 0.2) is 29.6 Å². The quantitative estimate of drug-likeness (QED) is 0.842. The number of methoxy groups -OCH3 is 1. The molecule has 5 nitrogen and oxygen atoms in total. The molecular weight excluding hydrogens is 324 g/mol. The van der Waals surface area contributed by atoms with Crippen LogP contribution in [-0.4, -0.2) is 29.7 Å². The number of nitrogens with one attached hydrogen (secondary N) is 1. The zero-order valence-electron chi connectivity index (χ0n) is 14.5. The maximum absolute atomic E-state index is 12.0. The molecule has 1 amide bonds. The molecule has 2 rings (SSSR count). The van der Waals surface area contributed by atoms with Crippen LogP contribution in [0.5, 0.6) is 5.75 Å².